The number of hydrogen-bond acceptors (Lipinski definition) is 2. The van der Waals surface area contributed by atoms with E-state index < -0.39 is 0 Å². The second-order valence-corrected chi connectivity index (χ2v) is 2.11. The Balaban J connectivity index is 2.35. The molecule has 1 rings (SSSR count). The topological polar surface area (TPSA) is 26.3 Å². The van der Waals surface area contributed by atoms with Crippen LogP contribution in [0.3, 0.4) is 0 Å². The molecular weight excluding hydrogens is 104 g/mol. The third kappa shape index (κ3) is 1.07. The molecule has 2 heteroatoms. The minimum absolute atomic E-state index is 0.0741. The molecule has 0 saturated carbocycles. The summed E-state index contributed by atoms with van der Waals surface area (Å²) in [7, 11) is 0. The van der Waals surface area contributed by atoms with Crippen LogP contribution in [0, 0.1) is 0 Å². The fourth-order valence-electron chi connectivity index (χ4n) is 0.898. The predicted molar refractivity (Wildman–Crippen MR) is 29.7 cm³/mol. The van der Waals surface area contributed by atoms with Crippen molar-refractivity contribution in [1.29, 1.82) is 0 Å². The van der Waals surface area contributed by atoms with Crippen molar-refractivity contribution < 1.29 is 9.53 Å². The zero-order valence-electron chi connectivity index (χ0n) is 5.02. The van der Waals surface area contributed by atoms with Crippen molar-refractivity contribution in [3.63, 3.8) is 0 Å². The summed E-state index contributed by atoms with van der Waals surface area (Å²) in [5, 5.41) is 0. The molecule has 0 amide bonds. The third-order valence-electron chi connectivity index (χ3n) is 1.38. The van der Waals surface area contributed by atoms with Crippen LogP contribution < -0.4 is 0 Å². The normalized spacial score (nSPS) is 28.4. The molecule has 1 saturated heterocycles. The van der Waals surface area contributed by atoms with Gasteiger partial charge in [0.05, 0.1) is 0 Å². The maximum absolute atomic E-state index is 10.5. The van der Waals surface area contributed by atoms with Crippen molar-refractivity contribution >= 4 is 5.78 Å². The van der Waals surface area contributed by atoms with Crippen LogP contribution in [-0.4, -0.2) is 18.5 Å². The lowest BCUT2D eigenvalue weighted by atomic mass is 10.2. The molecule has 8 heavy (non-hydrogen) atoms. The summed E-state index contributed by atoms with van der Waals surface area (Å²) in [6, 6.07) is 0. The first kappa shape index (κ1) is 5.76. The number of Topliss-reactive ketones (excluding diaryl/α,β-unsaturated/α-hetero) is 1. The van der Waals surface area contributed by atoms with E-state index in [1.54, 1.807) is 6.92 Å². The average Bonchev–Trinajstić information content (AvgIpc) is 2.12. The summed E-state index contributed by atoms with van der Waals surface area (Å²) in [6.45, 7) is 2.35. The molecule has 0 radical (unpaired) electrons. The Morgan fingerprint density at radius 1 is 1.75 bits per heavy atom. The molecule has 0 aromatic heterocycles. The number of rotatable bonds is 1. The van der Waals surface area contributed by atoms with Gasteiger partial charge >= 0.3 is 0 Å². The van der Waals surface area contributed by atoms with Crippen LogP contribution in [0.25, 0.3) is 0 Å². The summed E-state index contributed by atoms with van der Waals surface area (Å²) < 4.78 is 5.06. The van der Waals surface area contributed by atoms with Crippen molar-refractivity contribution in [3.8, 4) is 0 Å². The van der Waals surface area contributed by atoms with Crippen LogP contribution in [-0.2, 0) is 9.53 Å². The van der Waals surface area contributed by atoms with Crippen LogP contribution in [0.2, 0.25) is 0 Å². The molecule has 1 fully saturated rings. The molecule has 1 atom stereocenters. The van der Waals surface area contributed by atoms with Gasteiger partial charge in [0.15, 0.2) is 5.78 Å². The van der Waals surface area contributed by atoms with E-state index >= 15 is 0 Å². The van der Waals surface area contributed by atoms with E-state index in [-0.39, 0.29) is 11.9 Å². The summed E-state index contributed by atoms with van der Waals surface area (Å²) in [4.78, 5) is 10.5. The smallest absolute Gasteiger partial charge is 0.158 e. The molecule has 0 N–H and O–H groups in total. The summed E-state index contributed by atoms with van der Waals surface area (Å²) >= 11 is 0. The standard InChI is InChI=1S/C6H10O2/c1-5(7)6-3-2-4-8-6/h6H,2-4H2,1H3/t6-/m1/s1. The van der Waals surface area contributed by atoms with Gasteiger partial charge in [-0.05, 0) is 19.8 Å². The predicted octanol–water partition coefficient (Wildman–Crippen LogP) is 0.754. The number of ketones is 1. The maximum atomic E-state index is 10.5. The highest BCUT2D eigenvalue weighted by Crippen LogP contribution is 2.11. The van der Waals surface area contributed by atoms with Gasteiger partial charge < -0.3 is 4.74 Å². The highest BCUT2D eigenvalue weighted by Gasteiger charge is 2.18. The minimum atomic E-state index is -0.0741. The van der Waals surface area contributed by atoms with E-state index in [2.05, 4.69) is 0 Å². The summed E-state index contributed by atoms with van der Waals surface area (Å²) in [6.07, 6.45) is 1.90. The number of hydrogen-bond donors (Lipinski definition) is 0. The molecule has 0 unspecified atom stereocenters. The van der Waals surface area contributed by atoms with Gasteiger partial charge in [-0.1, -0.05) is 0 Å². The Morgan fingerprint density at radius 2 is 2.50 bits per heavy atom. The Morgan fingerprint density at radius 3 is 2.75 bits per heavy atom. The van der Waals surface area contributed by atoms with Crippen LogP contribution in [0.15, 0.2) is 0 Å². The molecule has 2 nitrogen and oxygen atoms in total. The number of carbonyl (C=O) groups excluding carboxylic acids is 1. The molecule has 46 valence electrons. The summed E-state index contributed by atoms with van der Waals surface area (Å²) in [5.41, 5.74) is 0. The van der Waals surface area contributed by atoms with Crippen molar-refractivity contribution in [3.05, 3.63) is 0 Å². The molecule has 1 heterocycles. The lowest BCUT2D eigenvalue weighted by Crippen LogP contribution is -2.14. The Bertz CT molecular complexity index is 92.7. The van der Waals surface area contributed by atoms with Crippen LogP contribution in [0.1, 0.15) is 19.8 Å². The first-order chi connectivity index (χ1) is 3.80. The largest absolute Gasteiger partial charge is 0.370 e. The highest BCUT2D eigenvalue weighted by atomic mass is 16.5. The molecule has 0 aliphatic carbocycles. The zero-order chi connectivity index (χ0) is 5.98. The SMILES string of the molecule is CC(=O)[C@H]1CCCO1. The molecular formula is C6H10O2. The van der Waals surface area contributed by atoms with Gasteiger partial charge in [0, 0.05) is 6.61 Å². The van der Waals surface area contributed by atoms with E-state index in [0.717, 1.165) is 19.4 Å². The quantitative estimate of drug-likeness (QED) is 0.503. The summed E-state index contributed by atoms with van der Waals surface area (Å²) in [5.74, 6) is 0.169. The minimum Gasteiger partial charge on any atom is -0.370 e. The third-order valence-corrected chi connectivity index (χ3v) is 1.38. The molecule has 1 aliphatic rings. The lowest BCUT2D eigenvalue weighted by molar-refractivity contribution is -0.125. The zero-order valence-corrected chi connectivity index (χ0v) is 5.02. The Labute approximate surface area is 48.8 Å². The van der Waals surface area contributed by atoms with Gasteiger partial charge in [0.2, 0.25) is 0 Å². The van der Waals surface area contributed by atoms with E-state index in [1.165, 1.54) is 0 Å². The first-order valence-electron chi connectivity index (χ1n) is 2.93. The number of ether oxygens (including phenoxy) is 1. The van der Waals surface area contributed by atoms with Gasteiger partial charge in [-0.2, -0.15) is 0 Å². The monoisotopic (exact) mass is 114 g/mol. The molecule has 0 bridgehead atoms. The second kappa shape index (κ2) is 2.27. The van der Waals surface area contributed by atoms with Crippen molar-refractivity contribution in [2.45, 2.75) is 25.9 Å². The van der Waals surface area contributed by atoms with Crippen molar-refractivity contribution in [2.75, 3.05) is 6.61 Å². The fraction of sp³-hybridized carbons (Fsp3) is 0.833. The van der Waals surface area contributed by atoms with Crippen LogP contribution in [0.5, 0.6) is 0 Å². The van der Waals surface area contributed by atoms with Crippen molar-refractivity contribution in [1.82, 2.24) is 0 Å². The highest BCUT2D eigenvalue weighted by molar-refractivity contribution is 5.80. The van der Waals surface area contributed by atoms with Gasteiger partial charge in [-0.25, -0.2) is 0 Å². The van der Waals surface area contributed by atoms with Gasteiger partial charge in [-0.3, -0.25) is 4.79 Å². The van der Waals surface area contributed by atoms with Gasteiger partial charge in [0.25, 0.3) is 0 Å². The van der Waals surface area contributed by atoms with Crippen LogP contribution >= 0.6 is 0 Å². The van der Waals surface area contributed by atoms with Gasteiger partial charge in [-0.15, -0.1) is 0 Å². The fourth-order valence-corrected chi connectivity index (χ4v) is 0.898. The van der Waals surface area contributed by atoms with E-state index in [4.69, 9.17) is 4.74 Å². The first-order valence-corrected chi connectivity index (χ1v) is 2.93. The van der Waals surface area contributed by atoms with Crippen LogP contribution in [0.4, 0.5) is 0 Å². The van der Waals surface area contributed by atoms with E-state index in [1.807, 2.05) is 0 Å². The Hall–Kier alpha value is -0.370. The van der Waals surface area contributed by atoms with E-state index in [9.17, 15) is 4.79 Å². The molecule has 0 spiro atoms. The average molecular weight is 114 g/mol. The van der Waals surface area contributed by atoms with Crippen molar-refractivity contribution in [2.24, 2.45) is 0 Å². The molecule has 0 aromatic carbocycles. The molecule has 0 aromatic rings. The second-order valence-electron chi connectivity index (χ2n) is 2.11. The molecule has 1 aliphatic heterocycles. The maximum Gasteiger partial charge on any atom is 0.158 e. The number of carbonyl (C=O) groups is 1. The van der Waals surface area contributed by atoms with Gasteiger partial charge in [0.1, 0.15) is 6.10 Å². The Kier molecular flexibility index (Phi) is 1.63. The lowest BCUT2D eigenvalue weighted by Gasteiger charge is -2.00. The van der Waals surface area contributed by atoms with E-state index in [0.29, 0.717) is 0 Å².